The summed E-state index contributed by atoms with van der Waals surface area (Å²) in [5, 5.41) is 11.0. The molecule has 0 bridgehead atoms. The van der Waals surface area contributed by atoms with Gasteiger partial charge in [0.25, 0.3) is 0 Å². The first-order valence-electron chi connectivity index (χ1n) is 10.8. The highest BCUT2D eigenvalue weighted by molar-refractivity contribution is 5.91. The van der Waals surface area contributed by atoms with Crippen molar-refractivity contribution in [3.05, 3.63) is 11.6 Å². The number of hydrogen-bond acceptors (Lipinski definition) is 2. The molecule has 164 valence electrons. The molecule has 0 aromatic carbocycles. The molecule has 4 aliphatic rings. The number of carbonyl (C=O) groups excluding carboxylic acids is 1. The summed E-state index contributed by atoms with van der Waals surface area (Å²) in [7, 11) is 0. The number of allylic oxidation sites excluding steroid dienone is 1. The van der Waals surface area contributed by atoms with Gasteiger partial charge >= 0.3 is 12.1 Å². The Morgan fingerprint density at radius 3 is 2.45 bits per heavy atom. The molecular weight excluding hydrogens is 391 g/mol. The third kappa shape index (κ3) is 2.64. The molecule has 0 heterocycles. The molecule has 0 spiro atoms. The first-order chi connectivity index (χ1) is 13.4. The average molecular weight is 420 g/mol. The van der Waals surface area contributed by atoms with E-state index in [1.54, 1.807) is 13.0 Å². The number of ketones is 1. The van der Waals surface area contributed by atoms with Crippen molar-refractivity contribution in [3.63, 3.8) is 0 Å². The summed E-state index contributed by atoms with van der Waals surface area (Å²) in [5.41, 5.74) is -3.35. The Morgan fingerprint density at radius 1 is 1.14 bits per heavy atom. The van der Waals surface area contributed by atoms with Crippen LogP contribution < -0.4 is 0 Å². The van der Waals surface area contributed by atoms with Gasteiger partial charge in [-0.05, 0) is 80.6 Å². The van der Waals surface area contributed by atoms with Crippen LogP contribution in [0.2, 0.25) is 0 Å². The third-order valence-corrected chi connectivity index (χ3v) is 9.00. The van der Waals surface area contributed by atoms with Gasteiger partial charge in [-0.2, -0.15) is 22.0 Å². The van der Waals surface area contributed by atoms with Crippen LogP contribution in [0.3, 0.4) is 0 Å². The van der Waals surface area contributed by atoms with Gasteiger partial charge in [-0.3, -0.25) is 4.79 Å². The minimum absolute atomic E-state index is 0.0112. The topological polar surface area (TPSA) is 37.3 Å². The predicted octanol–water partition coefficient (Wildman–Crippen LogP) is 5.69. The van der Waals surface area contributed by atoms with Crippen LogP contribution in [0, 0.1) is 35.0 Å². The first kappa shape index (κ1) is 21.3. The van der Waals surface area contributed by atoms with E-state index in [9.17, 15) is 31.9 Å². The minimum atomic E-state index is -5.77. The molecule has 3 fully saturated rings. The molecule has 4 aliphatic carbocycles. The quantitative estimate of drug-likeness (QED) is 0.583. The van der Waals surface area contributed by atoms with Crippen LogP contribution in [0.15, 0.2) is 11.6 Å². The molecule has 0 aliphatic heterocycles. The highest BCUT2D eigenvalue weighted by atomic mass is 19.4. The predicted molar refractivity (Wildman–Crippen MR) is 97.2 cm³/mol. The maximum absolute atomic E-state index is 14.6. The summed E-state index contributed by atoms with van der Waals surface area (Å²) in [6.45, 7) is 3.67. The lowest BCUT2D eigenvalue weighted by molar-refractivity contribution is -0.366. The van der Waals surface area contributed by atoms with Gasteiger partial charge in [0.15, 0.2) is 5.78 Å². The lowest BCUT2D eigenvalue weighted by atomic mass is 9.47. The molecule has 0 radical (unpaired) electrons. The van der Waals surface area contributed by atoms with Gasteiger partial charge in [-0.1, -0.05) is 19.4 Å². The van der Waals surface area contributed by atoms with E-state index >= 15 is 0 Å². The highest BCUT2D eigenvalue weighted by Gasteiger charge is 2.79. The largest absolute Gasteiger partial charge is 0.456 e. The van der Waals surface area contributed by atoms with E-state index in [-0.39, 0.29) is 54.6 Å². The Labute approximate surface area is 167 Å². The maximum atomic E-state index is 14.6. The van der Waals surface area contributed by atoms with Gasteiger partial charge in [0.05, 0.1) is 0 Å². The van der Waals surface area contributed by atoms with Crippen LogP contribution in [-0.2, 0) is 4.79 Å². The fraction of sp³-hybridized carbons (Fsp3) is 0.864. The summed E-state index contributed by atoms with van der Waals surface area (Å²) in [6.07, 6.45) is -1.60. The average Bonchev–Trinajstić information content (AvgIpc) is 2.95. The van der Waals surface area contributed by atoms with Crippen LogP contribution in [0.4, 0.5) is 22.0 Å². The van der Waals surface area contributed by atoms with Gasteiger partial charge < -0.3 is 5.11 Å². The van der Waals surface area contributed by atoms with E-state index in [0.29, 0.717) is 19.3 Å². The van der Waals surface area contributed by atoms with E-state index in [0.717, 1.165) is 12.0 Å². The van der Waals surface area contributed by atoms with Crippen molar-refractivity contribution in [2.75, 3.05) is 0 Å². The van der Waals surface area contributed by atoms with Crippen LogP contribution in [0.5, 0.6) is 0 Å². The molecule has 7 heteroatoms. The van der Waals surface area contributed by atoms with Crippen molar-refractivity contribution < 1.29 is 31.9 Å². The van der Waals surface area contributed by atoms with Gasteiger partial charge in [-0.15, -0.1) is 0 Å². The second kappa shape index (κ2) is 6.51. The second-order valence-corrected chi connectivity index (χ2v) is 9.88. The monoisotopic (exact) mass is 420 g/mol. The summed E-state index contributed by atoms with van der Waals surface area (Å²) >= 11 is 0. The summed E-state index contributed by atoms with van der Waals surface area (Å²) in [4.78, 5) is 11.9. The van der Waals surface area contributed by atoms with E-state index in [2.05, 4.69) is 0 Å². The molecule has 2 nitrogen and oxygen atoms in total. The smallest absolute Gasteiger partial charge is 0.383 e. The molecule has 0 amide bonds. The molecule has 0 aromatic heterocycles. The molecule has 4 rings (SSSR count). The normalized spacial score (nSPS) is 45.3. The Hall–Kier alpha value is -0.980. The van der Waals surface area contributed by atoms with Crippen LogP contribution in [-0.4, -0.2) is 28.6 Å². The fourth-order valence-electron chi connectivity index (χ4n) is 7.86. The molecule has 7 atom stereocenters. The van der Waals surface area contributed by atoms with Gasteiger partial charge in [0.1, 0.15) is 5.60 Å². The Morgan fingerprint density at radius 2 is 1.83 bits per heavy atom. The zero-order valence-corrected chi connectivity index (χ0v) is 16.9. The Bertz CT molecular complexity index is 729. The van der Waals surface area contributed by atoms with Crippen molar-refractivity contribution in [1.29, 1.82) is 0 Å². The van der Waals surface area contributed by atoms with E-state index in [1.807, 2.05) is 6.92 Å². The number of carbonyl (C=O) groups is 1. The number of fused-ring (bicyclic) bond motifs is 5. The van der Waals surface area contributed by atoms with E-state index in [1.165, 1.54) is 0 Å². The van der Waals surface area contributed by atoms with Gasteiger partial charge in [-0.25, -0.2) is 0 Å². The van der Waals surface area contributed by atoms with Crippen molar-refractivity contribution in [2.45, 2.75) is 82.9 Å². The molecule has 29 heavy (non-hydrogen) atoms. The zero-order valence-electron chi connectivity index (χ0n) is 16.9. The summed E-state index contributed by atoms with van der Waals surface area (Å²) < 4.78 is 69.2. The number of hydrogen-bond donors (Lipinski definition) is 1. The van der Waals surface area contributed by atoms with Gasteiger partial charge in [0.2, 0.25) is 0 Å². The van der Waals surface area contributed by atoms with E-state index in [4.69, 9.17) is 0 Å². The summed E-state index contributed by atoms with van der Waals surface area (Å²) in [5.74, 6) is -4.81. The SMILES string of the molecule is CC[C@]12CC[C@H]3[C@@H]([C@H](C)CC4=CC(=O)CC[C@@H]43)[C@@H]1CC[C@@]2(O)C(F)(F)C(F)(F)F. The molecule has 0 saturated heterocycles. The second-order valence-electron chi connectivity index (χ2n) is 9.88. The molecule has 3 saturated carbocycles. The van der Waals surface area contributed by atoms with Crippen LogP contribution in [0.25, 0.3) is 0 Å². The van der Waals surface area contributed by atoms with E-state index < -0.39 is 29.5 Å². The first-order valence-corrected chi connectivity index (χ1v) is 10.8. The Kier molecular flexibility index (Phi) is 4.77. The summed E-state index contributed by atoms with van der Waals surface area (Å²) in [6, 6.07) is 0. The number of alkyl halides is 5. The number of aliphatic hydroxyl groups is 1. The fourth-order valence-corrected chi connectivity index (χ4v) is 7.86. The highest BCUT2D eigenvalue weighted by Crippen LogP contribution is 2.71. The minimum Gasteiger partial charge on any atom is -0.383 e. The Balaban J connectivity index is 1.74. The van der Waals surface area contributed by atoms with Crippen molar-refractivity contribution in [1.82, 2.24) is 0 Å². The van der Waals surface area contributed by atoms with Crippen LogP contribution >= 0.6 is 0 Å². The van der Waals surface area contributed by atoms with Crippen molar-refractivity contribution >= 4 is 5.78 Å². The zero-order chi connectivity index (χ0) is 21.4. The number of halogens is 5. The third-order valence-electron chi connectivity index (χ3n) is 9.00. The van der Waals surface area contributed by atoms with Crippen LogP contribution in [0.1, 0.15) is 65.2 Å². The molecule has 1 N–H and O–H groups in total. The van der Waals surface area contributed by atoms with Crippen molar-refractivity contribution in [3.8, 4) is 0 Å². The molecule has 0 aromatic rings. The lowest BCUT2D eigenvalue weighted by Crippen LogP contribution is -2.66. The number of rotatable bonds is 2. The molecular formula is C22H29F5O2. The maximum Gasteiger partial charge on any atom is 0.456 e. The standard InChI is InChI=1S/C22H29F5O2/c1-3-19-8-6-16-15-5-4-14(28)11-13(15)10-12(2)18(16)17(19)7-9-20(19,29)21(23,24)22(25,26)27/h11-12,15-18,29H,3-10H2,1-2H3/t12-,15+,16-,17+,18-,19+,20+/m1/s1. The molecule has 0 unspecified atom stereocenters. The van der Waals surface area contributed by atoms with Crippen molar-refractivity contribution in [2.24, 2.45) is 35.0 Å². The van der Waals surface area contributed by atoms with Gasteiger partial charge in [0, 0.05) is 11.8 Å². The lowest BCUT2D eigenvalue weighted by Gasteiger charge is -2.59.